The molecule has 9 nitrogen and oxygen atoms in total. The highest BCUT2D eigenvalue weighted by Crippen LogP contribution is 2.40. The number of nitrogens with zero attached hydrogens (tertiary/aromatic N) is 4. The Morgan fingerprint density at radius 1 is 1.19 bits per heavy atom. The summed E-state index contributed by atoms with van der Waals surface area (Å²) in [7, 11) is 0. The van der Waals surface area contributed by atoms with Gasteiger partial charge in [-0.25, -0.2) is 10.5 Å². The van der Waals surface area contributed by atoms with Crippen LogP contribution in [0.2, 0.25) is 0 Å². The van der Waals surface area contributed by atoms with Gasteiger partial charge in [0, 0.05) is 36.7 Å². The molecule has 0 spiro atoms. The van der Waals surface area contributed by atoms with Gasteiger partial charge < -0.3 is 9.64 Å². The number of hydrazine groups is 1. The first-order chi connectivity index (χ1) is 15.2. The fraction of sp³-hybridized carbons (Fsp3) is 0.545. The number of carbonyl (C=O) groups is 2. The van der Waals surface area contributed by atoms with E-state index in [1.54, 1.807) is 6.07 Å². The topological polar surface area (TPSA) is 115 Å². The molecule has 2 aromatic rings. The van der Waals surface area contributed by atoms with E-state index < -0.39 is 5.91 Å². The molecule has 3 atom stereocenters. The maximum Gasteiger partial charge on any atom is 0.266 e. The number of carbonyl (C=O) groups excluding carboxylic acids is 2. The lowest BCUT2D eigenvalue weighted by Gasteiger charge is -2.39. The van der Waals surface area contributed by atoms with Gasteiger partial charge in [-0.05, 0) is 44.2 Å². The lowest BCUT2D eigenvalue weighted by atomic mass is 9.81. The number of nitrogens with two attached hydrogens (primary N) is 1. The van der Waals surface area contributed by atoms with Gasteiger partial charge >= 0.3 is 0 Å². The van der Waals surface area contributed by atoms with Crippen LogP contribution in [0.15, 0.2) is 24.5 Å². The summed E-state index contributed by atoms with van der Waals surface area (Å²) < 4.78 is 8.03. The summed E-state index contributed by atoms with van der Waals surface area (Å²) in [6.45, 7) is 1.23. The summed E-state index contributed by atoms with van der Waals surface area (Å²) in [5, 5.41) is 4.59. The van der Waals surface area contributed by atoms with Crippen molar-refractivity contribution in [3.05, 3.63) is 47.0 Å². The van der Waals surface area contributed by atoms with E-state index in [4.69, 9.17) is 10.6 Å². The van der Waals surface area contributed by atoms with Crippen LogP contribution in [0, 0.1) is 0 Å². The third kappa shape index (κ3) is 3.61. The lowest BCUT2D eigenvalue weighted by molar-refractivity contribution is -0.0426. The Bertz CT molecular complexity index is 983. The van der Waals surface area contributed by atoms with Crippen LogP contribution in [0.1, 0.15) is 89.2 Å². The second-order valence-electron chi connectivity index (χ2n) is 8.60. The van der Waals surface area contributed by atoms with Crippen molar-refractivity contribution in [2.45, 2.75) is 69.7 Å². The minimum Gasteiger partial charge on any atom is -0.357 e. The third-order valence-electron chi connectivity index (χ3n) is 6.81. The smallest absolute Gasteiger partial charge is 0.266 e. The van der Waals surface area contributed by atoms with Crippen molar-refractivity contribution < 1.29 is 14.3 Å². The number of aromatic nitrogens is 3. The summed E-state index contributed by atoms with van der Waals surface area (Å²) in [4.78, 5) is 31.5. The van der Waals surface area contributed by atoms with Crippen molar-refractivity contribution in [3.8, 4) is 0 Å². The molecule has 2 aliphatic heterocycles. The Labute approximate surface area is 180 Å². The number of fused-ring (bicyclic) bond motifs is 1. The first kappa shape index (κ1) is 20.1. The molecule has 0 aromatic carbocycles. The van der Waals surface area contributed by atoms with Crippen molar-refractivity contribution in [2.75, 3.05) is 6.61 Å². The first-order valence-electron chi connectivity index (χ1n) is 11.1. The normalized spacial score (nSPS) is 26.0. The van der Waals surface area contributed by atoms with Crippen LogP contribution in [0.4, 0.5) is 0 Å². The lowest BCUT2D eigenvalue weighted by Crippen LogP contribution is -2.42. The maximum absolute atomic E-state index is 13.3. The molecule has 1 saturated heterocycles. The van der Waals surface area contributed by atoms with E-state index in [0.717, 1.165) is 57.2 Å². The quantitative estimate of drug-likeness (QED) is 0.442. The highest BCUT2D eigenvalue weighted by atomic mass is 16.5. The van der Waals surface area contributed by atoms with Gasteiger partial charge in [0.15, 0.2) is 0 Å². The van der Waals surface area contributed by atoms with E-state index in [-0.39, 0.29) is 24.1 Å². The molecular formula is C22H28N6O3. The zero-order valence-electron chi connectivity index (χ0n) is 17.5. The third-order valence-corrected chi connectivity index (χ3v) is 6.81. The van der Waals surface area contributed by atoms with Crippen LogP contribution in [0.25, 0.3) is 0 Å². The molecule has 164 valence electrons. The van der Waals surface area contributed by atoms with Crippen molar-refractivity contribution >= 4 is 11.8 Å². The Morgan fingerprint density at radius 2 is 2.03 bits per heavy atom. The number of rotatable bonds is 4. The Kier molecular flexibility index (Phi) is 5.45. The van der Waals surface area contributed by atoms with Gasteiger partial charge in [-0.2, -0.15) is 5.10 Å². The van der Waals surface area contributed by atoms with E-state index in [2.05, 4.69) is 21.6 Å². The molecule has 1 saturated carbocycles. The van der Waals surface area contributed by atoms with Gasteiger partial charge in [0.05, 0.1) is 23.4 Å². The number of hydrogen-bond donors (Lipinski definition) is 2. The molecule has 2 aromatic heterocycles. The monoisotopic (exact) mass is 424 g/mol. The van der Waals surface area contributed by atoms with Crippen molar-refractivity contribution in [1.82, 2.24) is 25.1 Å². The molecule has 5 rings (SSSR count). The molecule has 2 fully saturated rings. The van der Waals surface area contributed by atoms with Gasteiger partial charge in [0.1, 0.15) is 6.23 Å². The van der Waals surface area contributed by atoms with E-state index in [1.807, 2.05) is 15.8 Å². The Morgan fingerprint density at radius 3 is 2.84 bits per heavy atom. The molecule has 3 N–H and O–H groups in total. The second-order valence-corrected chi connectivity index (χ2v) is 8.60. The molecule has 4 heterocycles. The number of hydrogen-bond acceptors (Lipinski definition) is 6. The fourth-order valence-electron chi connectivity index (χ4n) is 5.27. The van der Waals surface area contributed by atoms with Gasteiger partial charge in [-0.1, -0.05) is 12.8 Å². The molecular weight excluding hydrogens is 396 g/mol. The fourth-order valence-corrected chi connectivity index (χ4v) is 5.27. The highest BCUT2D eigenvalue weighted by Gasteiger charge is 2.41. The van der Waals surface area contributed by atoms with Crippen LogP contribution in [-0.2, 0) is 11.3 Å². The first-order valence-corrected chi connectivity index (χ1v) is 11.1. The zero-order chi connectivity index (χ0) is 21.4. The van der Waals surface area contributed by atoms with Crippen LogP contribution in [0.5, 0.6) is 0 Å². The highest BCUT2D eigenvalue weighted by molar-refractivity contribution is 6.01. The summed E-state index contributed by atoms with van der Waals surface area (Å²) in [6.07, 6.45) is 10.7. The number of nitrogen functional groups attached to an aromatic ring is 1. The molecule has 9 heteroatoms. The van der Waals surface area contributed by atoms with E-state index in [1.165, 1.54) is 6.20 Å². The molecule has 0 radical (unpaired) electrons. The minimum absolute atomic E-state index is 0.0215. The van der Waals surface area contributed by atoms with Gasteiger partial charge in [0.25, 0.3) is 11.8 Å². The van der Waals surface area contributed by atoms with E-state index in [0.29, 0.717) is 23.4 Å². The maximum atomic E-state index is 13.3. The van der Waals surface area contributed by atoms with Crippen LogP contribution in [0.3, 0.4) is 0 Å². The molecule has 1 aliphatic carbocycles. The number of ether oxygens (including phenoxy) is 1. The van der Waals surface area contributed by atoms with Crippen LogP contribution < -0.4 is 11.3 Å². The van der Waals surface area contributed by atoms with Crippen molar-refractivity contribution in [1.29, 1.82) is 0 Å². The SMILES string of the molecule is NNC(=O)c1cnc2c(c1)C(=O)N(C1CCCCC1c1ccnn1C1CCCCO1)C2. The predicted molar refractivity (Wildman–Crippen MR) is 112 cm³/mol. The molecule has 0 bridgehead atoms. The van der Waals surface area contributed by atoms with Gasteiger partial charge in [-0.15, -0.1) is 0 Å². The second kappa shape index (κ2) is 8.39. The largest absolute Gasteiger partial charge is 0.357 e. The number of amides is 2. The Hall–Kier alpha value is -2.78. The molecule has 31 heavy (non-hydrogen) atoms. The van der Waals surface area contributed by atoms with E-state index in [9.17, 15) is 9.59 Å². The van der Waals surface area contributed by atoms with E-state index >= 15 is 0 Å². The summed E-state index contributed by atoms with van der Waals surface area (Å²) in [6, 6.07) is 3.75. The van der Waals surface area contributed by atoms with Crippen molar-refractivity contribution in [2.24, 2.45) is 5.84 Å². The zero-order valence-corrected chi connectivity index (χ0v) is 17.5. The average molecular weight is 425 g/mol. The van der Waals surface area contributed by atoms with Crippen LogP contribution in [-0.4, -0.2) is 44.1 Å². The molecule has 3 unspecified atom stereocenters. The molecule has 2 amide bonds. The van der Waals surface area contributed by atoms with Crippen molar-refractivity contribution in [3.63, 3.8) is 0 Å². The van der Waals surface area contributed by atoms with Crippen LogP contribution >= 0.6 is 0 Å². The summed E-state index contributed by atoms with van der Waals surface area (Å²) in [5.41, 5.74) is 4.75. The average Bonchev–Trinajstić information content (AvgIpc) is 3.44. The summed E-state index contributed by atoms with van der Waals surface area (Å²) >= 11 is 0. The summed E-state index contributed by atoms with van der Waals surface area (Å²) in [5.74, 6) is 4.92. The Balaban J connectivity index is 1.42. The standard InChI is InChI=1S/C22H28N6O3/c23-26-21(29)14-11-16-17(24-12-14)13-27(22(16)30)18-6-2-1-5-15(18)19-8-9-25-28(19)20-7-3-4-10-31-20/h8-9,11-12,15,18,20H,1-7,10,13,23H2,(H,26,29). The minimum atomic E-state index is -0.450. The number of pyridine rings is 1. The predicted octanol–water partition coefficient (Wildman–Crippen LogP) is 2.26. The van der Waals surface area contributed by atoms with Gasteiger partial charge in [0.2, 0.25) is 0 Å². The number of nitrogens with one attached hydrogen (secondary N) is 1. The molecule has 3 aliphatic rings. The van der Waals surface area contributed by atoms with Gasteiger partial charge in [-0.3, -0.25) is 20.0 Å².